The van der Waals surface area contributed by atoms with Crippen LogP contribution in [0.4, 0.5) is 5.69 Å². The van der Waals surface area contributed by atoms with E-state index in [-0.39, 0.29) is 6.54 Å². The zero-order valence-corrected chi connectivity index (χ0v) is 15.0. The maximum atomic E-state index is 12.5. The van der Waals surface area contributed by atoms with Crippen LogP contribution in [0, 0.1) is 0 Å². The van der Waals surface area contributed by atoms with Gasteiger partial charge in [0.05, 0.1) is 17.5 Å². The van der Waals surface area contributed by atoms with Crippen LogP contribution in [0.2, 0.25) is 0 Å². The summed E-state index contributed by atoms with van der Waals surface area (Å²) in [6.07, 6.45) is 2.04. The lowest BCUT2D eigenvalue weighted by Gasteiger charge is -2.09. The van der Waals surface area contributed by atoms with Gasteiger partial charge in [-0.2, -0.15) is 0 Å². The van der Waals surface area contributed by atoms with Gasteiger partial charge in [0.15, 0.2) is 0 Å². The number of benzene rings is 2. The van der Waals surface area contributed by atoms with E-state index in [2.05, 4.69) is 17.2 Å². The fourth-order valence-corrected chi connectivity index (χ4v) is 2.66. The Labute approximate surface area is 155 Å². The second-order valence-electron chi connectivity index (χ2n) is 6.14. The molecule has 0 atom stereocenters. The minimum absolute atomic E-state index is 0.360. The molecule has 0 aliphatic carbocycles. The zero-order chi connectivity index (χ0) is 19.2. The van der Waals surface area contributed by atoms with Crippen LogP contribution in [0.25, 0.3) is 10.9 Å². The first-order valence-corrected chi connectivity index (χ1v) is 8.83. The molecule has 27 heavy (non-hydrogen) atoms. The predicted molar refractivity (Wildman–Crippen MR) is 104 cm³/mol. The Balaban J connectivity index is 1.70. The molecule has 7 heteroatoms. The van der Waals surface area contributed by atoms with Crippen molar-refractivity contribution < 1.29 is 9.53 Å². The highest BCUT2D eigenvalue weighted by Gasteiger charge is 2.11. The molecule has 0 aliphatic rings. The average Bonchev–Trinajstić information content (AvgIpc) is 2.67. The standard InChI is InChI=1S/C20H21N3O4/c1-2-3-12-27-15-10-8-14(9-11-15)21-18(24)13-23-19(25)16-6-4-5-7-17(16)22-20(23)26/h4-11H,2-3,12-13H2,1H3,(H,21,24)(H,22,26). The molecule has 1 heterocycles. The minimum Gasteiger partial charge on any atom is -0.494 e. The minimum atomic E-state index is -0.617. The van der Waals surface area contributed by atoms with Gasteiger partial charge in [-0.05, 0) is 42.8 Å². The number of hydrogen-bond acceptors (Lipinski definition) is 4. The molecule has 0 saturated carbocycles. The van der Waals surface area contributed by atoms with Gasteiger partial charge in [-0.25, -0.2) is 4.79 Å². The molecule has 0 saturated heterocycles. The fourth-order valence-electron chi connectivity index (χ4n) is 2.66. The molecule has 0 radical (unpaired) electrons. The number of para-hydroxylation sites is 1. The summed E-state index contributed by atoms with van der Waals surface area (Å²) >= 11 is 0. The van der Waals surface area contributed by atoms with Gasteiger partial charge in [0.2, 0.25) is 5.91 Å². The Kier molecular flexibility index (Phi) is 5.71. The number of aromatic amines is 1. The molecule has 3 aromatic rings. The van der Waals surface area contributed by atoms with E-state index in [9.17, 15) is 14.4 Å². The number of amides is 1. The smallest absolute Gasteiger partial charge is 0.329 e. The van der Waals surface area contributed by atoms with Gasteiger partial charge >= 0.3 is 5.69 Å². The number of ether oxygens (including phenoxy) is 1. The van der Waals surface area contributed by atoms with E-state index in [4.69, 9.17) is 4.74 Å². The molecular formula is C20H21N3O4. The van der Waals surface area contributed by atoms with E-state index in [1.54, 1.807) is 48.5 Å². The van der Waals surface area contributed by atoms with Crippen LogP contribution in [0.5, 0.6) is 5.75 Å². The average molecular weight is 367 g/mol. The van der Waals surface area contributed by atoms with Gasteiger partial charge < -0.3 is 15.0 Å². The lowest BCUT2D eigenvalue weighted by atomic mass is 10.2. The van der Waals surface area contributed by atoms with Crippen molar-refractivity contribution in [2.24, 2.45) is 0 Å². The Morgan fingerprint density at radius 3 is 2.59 bits per heavy atom. The number of unbranched alkanes of at least 4 members (excludes halogenated alkanes) is 1. The molecule has 0 aliphatic heterocycles. The maximum Gasteiger partial charge on any atom is 0.329 e. The third-order valence-corrected chi connectivity index (χ3v) is 4.10. The summed E-state index contributed by atoms with van der Waals surface area (Å²) in [6.45, 7) is 2.37. The van der Waals surface area contributed by atoms with Crippen molar-refractivity contribution in [3.8, 4) is 5.75 Å². The molecule has 0 spiro atoms. The number of carbonyl (C=O) groups excluding carboxylic acids is 1. The normalized spacial score (nSPS) is 10.7. The summed E-state index contributed by atoms with van der Waals surface area (Å²) < 4.78 is 6.46. The first-order valence-electron chi connectivity index (χ1n) is 8.83. The Bertz CT molecular complexity index is 1050. The van der Waals surface area contributed by atoms with E-state index in [0.717, 1.165) is 23.2 Å². The Morgan fingerprint density at radius 1 is 1.11 bits per heavy atom. The van der Waals surface area contributed by atoms with Crippen molar-refractivity contribution in [3.63, 3.8) is 0 Å². The second kappa shape index (κ2) is 8.35. The molecule has 7 nitrogen and oxygen atoms in total. The molecule has 3 rings (SSSR count). The molecule has 1 aromatic heterocycles. The van der Waals surface area contributed by atoms with Gasteiger partial charge in [0.1, 0.15) is 12.3 Å². The van der Waals surface area contributed by atoms with Crippen LogP contribution in [0.1, 0.15) is 19.8 Å². The number of nitrogens with one attached hydrogen (secondary N) is 2. The van der Waals surface area contributed by atoms with Crippen molar-refractivity contribution in [2.75, 3.05) is 11.9 Å². The van der Waals surface area contributed by atoms with Crippen molar-refractivity contribution in [3.05, 3.63) is 69.4 Å². The molecule has 0 unspecified atom stereocenters. The number of hydrogen-bond donors (Lipinski definition) is 2. The van der Waals surface area contributed by atoms with Crippen molar-refractivity contribution in [1.82, 2.24) is 9.55 Å². The molecule has 1 amide bonds. The van der Waals surface area contributed by atoms with Crippen LogP contribution >= 0.6 is 0 Å². The van der Waals surface area contributed by atoms with Crippen molar-refractivity contribution in [1.29, 1.82) is 0 Å². The molecule has 0 bridgehead atoms. The second-order valence-corrected chi connectivity index (χ2v) is 6.14. The summed E-state index contributed by atoms with van der Waals surface area (Å²) in [4.78, 5) is 39.5. The molecule has 2 N–H and O–H groups in total. The summed E-state index contributed by atoms with van der Waals surface area (Å²) in [7, 11) is 0. The van der Waals surface area contributed by atoms with Crippen molar-refractivity contribution in [2.45, 2.75) is 26.3 Å². The number of fused-ring (bicyclic) bond motifs is 1. The highest BCUT2D eigenvalue weighted by Crippen LogP contribution is 2.16. The van der Waals surface area contributed by atoms with Gasteiger partial charge in [0, 0.05) is 5.69 Å². The predicted octanol–water partition coefficient (Wildman–Crippen LogP) is 2.51. The first-order chi connectivity index (χ1) is 13.1. The monoisotopic (exact) mass is 367 g/mol. The molecule has 140 valence electrons. The van der Waals surface area contributed by atoms with Gasteiger partial charge in [-0.15, -0.1) is 0 Å². The zero-order valence-electron chi connectivity index (χ0n) is 15.0. The number of carbonyl (C=O) groups is 1. The highest BCUT2D eigenvalue weighted by molar-refractivity contribution is 5.90. The lowest BCUT2D eigenvalue weighted by Crippen LogP contribution is -2.38. The number of rotatable bonds is 7. The first kappa shape index (κ1) is 18.4. The third kappa shape index (κ3) is 4.44. The summed E-state index contributed by atoms with van der Waals surface area (Å²) in [5, 5.41) is 3.04. The third-order valence-electron chi connectivity index (χ3n) is 4.10. The Morgan fingerprint density at radius 2 is 1.85 bits per heavy atom. The molecular weight excluding hydrogens is 346 g/mol. The number of nitrogens with zero attached hydrogens (tertiary/aromatic N) is 1. The summed E-state index contributed by atoms with van der Waals surface area (Å²) in [6, 6.07) is 13.6. The van der Waals surface area contributed by atoms with Gasteiger partial charge in [-0.3, -0.25) is 14.2 Å². The van der Waals surface area contributed by atoms with Crippen LogP contribution in [-0.2, 0) is 11.3 Å². The van der Waals surface area contributed by atoms with E-state index in [1.165, 1.54) is 0 Å². The lowest BCUT2D eigenvalue weighted by molar-refractivity contribution is -0.116. The van der Waals surface area contributed by atoms with Gasteiger partial charge in [0.25, 0.3) is 5.56 Å². The van der Waals surface area contributed by atoms with E-state index in [1.807, 2.05) is 0 Å². The molecule has 0 fully saturated rings. The van der Waals surface area contributed by atoms with Crippen molar-refractivity contribution >= 4 is 22.5 Å². The SMILES string of the molecule is CCCCOc1ccc(NC(=O)Cn2c(=O)[nH]c3ccccc3c2=O)cc1. The topological polar surface area (TPSA) is 93.2 Å². The van der Waals surface area contributed by atoms with Crippen LogP contribution in [0.15, 0.2) is 58.1 Å². The van der Waals surface area contributed by atoms with E-state index >= 15 is 0 Å². The van der Waals surface area contributed by atoms with Gasteiger partial charge in [-0.1, -0.05) is 25.5 Å². The van der Waals surface area contributed by atoms with Crippen LogP contribution < -0.4 is 21.3 Å². The van der Waals surface area contributed by atoms with Crippen LogP contribution in [-0.4, -0.2) is 22.1 Å². The highest BCUT2D eigenvalue weighted by atomic mass is 16.5. The van der Waals surface area contributed by atoms with E-state index in [0.29, 0.717) is 23.2 Å². The number of H-pyrrole nitrogens is 1. The number of anilines is 1. The largest absolute Gasteiger partial charge is 0.494 e. The quantitative estimate of drug-likeness (QED) is 0.628. The Hall–Kier alpha value is -3.35. The molecule has 2 aromatic carbocycles. The van der Waals surface area contributed by atoms with E-state index < -0.39 is 17.2 Å². The fraction of sp³-hybridized carbons (Fsp3) is 0.250. The number of aromatic nitrogens is 2. The summed E-state index contributed by atoms with van der Waals surface area (Å²) in [5.41, 5.74) is -0.103. The maximum absolute atomic E-state index is 12.5. The summed E-state index contributed by atoms with van der Waals surface area (Å²) in [5.74, 6) is 0.265. The van der Waals surface area contributed by atoms with Crippen LogP contribution in [0.3, 0.4) is 0 Å².